The number of ether oxygens (including phenoxy) is 1. The van der Waals surface area contributed by atoms with Crippen LogP contribution in [0.25, 0.3) is 0 Å². The summed E-state index contributed by atoms with van der Waals surface area (Å²) in [6.07, 6.45) is 1.82. The number of nitrogens with one attached hydrogen (secondary N) is 2. The highest BCUT2D eigenvalue weighted by molar-refractivity contribution is 6.31. The number of amides is 1. The summed E-state index contributed by atoms with van der Waals surface area (Å²) in [6, 6.07) is 5.21. The molecule has 1 aromatic carbocycles. The van der Waals surface area contributed by atoms with E-state index in [-0.39, 0.29) is 5.91 Å². The number of halogens is 1. The van der Waals surface area contributed by atoms with Gasteiger partial charge < -0.3 is 15.4 Å². The molecular weight excluding hydrogens is 264 g/mol. The van der Waals surface area contributed by atoms with Crippen LogP contribution in [-0.4, -0.2) is 32.7 Å². The summed E-state index contributed by atoms with van der Waals surface area (Å²) in [5, 5.41) is 6.39. The highest BCUT2D eigenvalue weighted by Gasteiger charge is 2.10. The molecule has 0 aliphatic heterocycles. The Morgan fingerprint density at radius 2 is 2.16 bits per heavy atom. The predicted octanol–water partition coefficient (Wildman–Crippen LogP) is 2.93. The van der Waals surface area contributed by atoms with Gasteiger partial charge in [-0.3, -0.25) is 4.79 Å². The third kappa shape index (κ3) is 5.49. The van der Waals surface area contributed by atoms with Crippen LogP contribution in [0.1, 0.15) is 30.1 Å². The van der Waals surface area contributed by atoms with Crippen molar-refractivity contribution in [3.63, 3.8) is 0 Å². The fraction of sp³-hybridized carbons (Fsp3) is 0.500. The van der Waals surface area contributed by atoms with Gasteiger partial charge in [-0.25, -0.2) is 0 Å². The molecule has 1 aromatic rings. The Morgan fingerprint density at radius 3 is 2.84 bits per heavy atom. The number of rotatable bonds is 8. The molecule has 106 valence electrons. The second-order valence-electron chi connectivity index (χ2n) is 4.16. The summed E-state index contributed by atoms with van der Waals surface area (Å²) in [6.45, 7) is 4.10. The van der Waals surface area contributed by atoms with E-state index in [0.717, 1.165) is 25.1 Å². The van der Waals surface area contributed by atoms with E-state index in [4.69, 9.17) is 16.3 Å². The Morgan fingerprint density at radius 1 is 1.37 bits per heavy atom. The van der Waals surface area contributed by atoms with Gasteiger partial charge in [-0.2, -0.15) is 0 Å². The van der Waals surface area contributed by atoms with Gasteiger partial charge >= 0.3 is 0 Å². The summed E-state index contributed by atoms with van der Waals surface area (Å²) in [5.41, 5.74) is 1.33. The molecule has 19 heavy (non-hydrogen) atoms. The molecule has 0 saturated carbocycles. The Labute approximate surface area is 119 Å². The Bertz CT molecular complexity index is 410. The van der Waals surface area contributed by atoms with Crippen LogP contribution < -0.4 is 10.6 Å². The highest BCUT2D eigenvalue weighted by Crippen LogP contribution is 2.20. The van der Waals surface area contributed by atoms with Crippen molar-refractivity contribution in [2.75, 3.05) is 32.1 Å². The fourth-order valence-corrected chi connectivity index (χ4v) is 1.81. The van der Waals surface area contributed by atoms with E-state index in [0.29, 0.717) is 23.7 Å². The first-order chi connectivity index (χ1) is 9.19. The average molecular weight is 285 g/mol. The summed E-state index contributed by atoms with van der Waals surface area (Å²) < 4.78 is 5.35. The van der Waals surface area contributed by atoms with E-state index in [1.54, 1.807) is 25.2 Å². The zero-order valence-electron chi connectivity index (χ0n) is 11.5. The van der Waals surface area contributed by atoms with Crippen LogP contribution in [0.15, 0.2) is 18.2 Å². The molecule has 0 atom stereocenters. The second kappa shape index (κ2) is 8.77. The van der Waals surface area contributed by atoms with Crippen LogP contribution in [0.2, 0.25) is 5.02 Å². The molecule has 4 nitrogen and oxygen atoms in total. The number of hydrogen-bond acceptors (Lipinski definition) is 3. The molecule has 1 rings (SSSR count). The molecule has 5 heteroatoms. The van der Waals surface area contributed by atoms with E-state index < -0.39 is 0 Å². The van der Waals surface area contributed by atoms with Gasteiger partial charge in [0.25, 0.3) is 5.91 Å². The molecule has 0 bridgehead atoms. The molecule has 0 aliphatic carbocycles. The van der Waals surface area contributed by atoms with Crippen LogP contribution in [0.4, 0.5) is 5.69 Å². The molecular formula is C14H21ClN2O2. The lowest BCUT2D eigenvalue weighted by atomic mass is 10.1. The van der Waals surface area contributed by atoms with Crippen molar-refractivity contribution in [3.8, 4) is 0 Å². The normalized spacial score (nSPS) is 10.3. The largest absolute Gasteiger partial charge is 0.387 e. The molecule has 2 N–H and O–H groups in total. The van der Waals surface area contributed by atoms with Gasteiger partial charge in [0.05, 0.1) is 5.56 Å². The maximum atomic E-state index is 12.0. The molecule has 0 radical (unpaired) electrons. The van der Waals surface area contributed by atoms with Gasteiger partial charge in [0.1, 0.15) is 0 Å². The summed E-state index contributed by atoms with van der Waals surface area (Å²) in [5.74, 6) is -0.123. The van der Waals surface area contributed by atoms with E-state index in [9.17, 15) is 4.79 Å². The summed E-state index contributed by atoms with van der Waals surface area (Å²) in [4.78, 5) is 12.0. The topological polar surface area (TPSA) is 50.4 Å². The zero-order chi connectivity index (χ0) is 14.1. The molecule has 0 aliphatic rings. The van der Waals surface area contributed by atoms with Crippen molar-refractivity contribution in [2.24, 2.45) is 0 Å². The van der Waals surface area contributed by atoms with Gasteiger partial charge in [-0.1, -0.05) is 18.5 Å². The number of carbonyl (C=O) groups excluding carboxylic acids is 1. The van der Waals surface area contributed by atoms with Crippen LogP contribution in [0, 0.1) is 0 Å². The fourth-order valence-electron chi connectivity index (χ4n) is 1.64. The molecule has 0 saturated heterocycles. The predicted molar refractivity (Wildman–Crippen MR) is 79.1 cm³/mol. The maximum Gasteiger partial charge on any atom is 0.253 e. The molecule has 0 aromatic heterocycles. The first kappa shape index (κ1) is 15.8. The third-order valence-electron chi connectivity index (χ3n) is 2.60. The third-order valence-corrected chi connectivity index (χ3v) is 2.83. The standard InChI is InChI=1S/C14H21ClN2O2/c1-3-8-19-9-4-7-17-14(18)12-10-11(15)5-6-13(12)16-2/h5-6,10,16H,3-4,7-9H2,1-2H3,(H,17,18). The molecule has 0 spiro atoms. The Hall–Kier alpha value is -1.26. The van der Waals surface area contributed by atoms with Gasteiger partial charge in [-0.05, 0) is 31.0 Å². The van der Waals surface area contributed by atoms with Gasteiger partial charge in [0.2, 0.25) is 0 Å². The minimum Gasteiger partial charge on any atom is -0.387 e. The van der Waals surface area contributed by atoms with E-state index in [1.165, 1.54) is 0 Å². The van der Waals surface area contributed by atoms with E-state index in [2.05, 4.69) is 17.6 Å². The van der Waals surface area contributed by atoms with Crippen LogP contribution in [-0.2, 0) is 4.74 Å². The van der Waals surface area contributed by atoms with Crippen molar-refractivity contribution >= 4 is 23.2 Å². The zero-order valence-corrected chi connectivity index (χ0v) is 12.2. The van der Waals surface area contributed by atoms with Crippen LogP contribution in [0.3, 0.4) is 0 Å². The SMILES string of the molecule is CCCOCCCNC(=O)c1cc(Cl)ccc1NC. The lowest BCUT2D eigenvalue weighted by Crippen LogP contribution is -2.26. The first-order valence-corrected chi connectivity index (χ1v) is 6.90. The van der Waals surface area contributed by atoms with Crippen molar-refractivity contribution < 1.29 is 9.53 Å². The number of carbonyl (C=O) groups is 1. The molecule has 0 fully saturated rings. The number of hydrogen-bond donors (Lipinski definition) is 2. The van der Waals surface area contributed by atoms with Crippen molar-refractivity contribution in [1.29, 1.82) is 0 Å². The van der Waals surface area contributed by atoms with Gasteiger partial charge in [-0.15, -0.1) is 0 Å². The Balaban J connectivity index is 2.43. The van der Waals surface area contributed by atoms with E-state index >= 15 is 0 Å². The van der Waals surface area contributed by atoms with Gasteiger partial charge in [0, 0.05) is 37.5 Å². The maximum absolute atomic E-state index is 12.0. The minimum absolute atomic E-state index is 0.123. The smallest absolute Gasteiger partial charge is 0.253 e. The summed E-state index contributed by atoms with van der Waals surface area (Å²) in [7, 11) is 1.78. The monoisotopic (exact) mass is 284 g/mol. The summed E-state index contributed by atoms with van der Waals surface area (Å²) >= 11 is 5.91. The number of benzene rings is 1. The lowest BCUT2D eigenvalue weighted by Gasteiger charge is -2.10. The lowest BCUT2D eigenvalue weighted by molar-refractivity contribution is 0.0942. The van der Waals surface area contributed by atoms with Crippen molar-refractivity contribution in [1.82, 2.24) is 5.32 Å². The van der Waals surface area contributed by atoms with Crippen LogP contribution >= 0.6 is 11.6 Å². The first-order valence-electron chi connectivity index (χ1n) is 6.52. The highest BCUT2D eigenvalue weighted by atomic mass is 35.5. The second-order valence-corrected chi connectivity index (χ2v) is 4.60. The van der Waals surface area contributed by atoms with Crippen molar-refractivity contribution in [2.45, 2.75) is 19.8 Å². The quantitative estimate of drug-likeness (QED) is 0.722. The molecule has 1 amide bonds. The number of anilines is 1. The van der Waals surface area contributed by atoms with Gasteiger partial charge in [0.15, 0.2) is 0 Å². The minimum atomic E-state index is -0.123. The molecule has 0 unspecified atom stereocenters. The van der Waals surface area contributed by atoms with Crippen LogP contribution in [0.5, 0.6) is 0 Å². The Kier molecular flexibility index (Phi) is 7.30. The van der Waals surface area contributed by atoms with Crippen molar-refractivity contribution in [3.05, 3.63) is 28.8 Å². The molecule has 0 heterocycles. The average Bonchev–Trinajstić information content (AvgIpc) is 2.42. The van der Waals surface area contributed by atoms with E-state index in [1.807, 2.05) is 0 Å².